The lowest BCUT2D eigenvalue weighted by Crippen LogP contribution is -2.31. The number of hydrogen-bond acceptors (Lipinski definition) is 4. The van der Waals surface area contributed by atoms with E-state index in [0.717, 1.165) is 16.8 Å². The Morgan fingerprint density at radius 2 is 1.81 bits per heavy atom. The quantitative estimate of drug-likeness (QED) is 0.696. The summed E-state index contributed by atoms with van der Waals surface area (Å²) in [5.74, 6) is 0.486. The number of nitrogens with one attached hydrogen (secondary N) is 1. The average molecular weight is 360 g/mol. The number of aromatic nitrogens is 2. The second kappa shape index (κ2) is 8.45. The van der Waals surface area contributed by atoms with Crippen molar-refractivity contribution < 1.29 is 4.79 Å². The van der Waals surface area contributed by atoms with Crippen LogP contribution in [0.5, 0.6) is 0 Å². The van der Waals surface area contributed by atoms with Crippen LogP contribution in [-0.2, 0) is 0 Å². The van der Waals surface area contributed by atoms with Gasteiger partial charge in [-0.2, -0.15) is 0 Å². The zero-order valence-corrected chi connectivity index (χ0v) is 15.9. The maximum Gasteiger partial charge on any atom is 0.278 e. The summed E-state index contributed by atoms with van der Waals surface area (Å²) in [6.07, 6.45) is 0. The number of anilines is 2. The lowest BCUT2D eigenvalue weighted by atomic mass is 10.1. The number of carbonyl (C=O) groups excluding carboxylic acids is 1. The summed E-state index contributed by atoms with van der Waals surface area (Å²) in [6, 6.07) is 21.6. The highest BCUT2D eigenvalue weighted by Crippen LogP contribution is 2.19. The molecule has 0 spiro atoms. The minimum atomic E-state index is -0.154. The molecule has 1 heterocycles. The van der Waals surface area contributed by atoms with Crippen molar-refractivity contribution >= 4 is 17.4 Å². The molecule has 1 amide bonds. The summed E-state index contributed by atoms with van der Waals surface area (Å²) >= 11 is 0. The minimum absolute atomic E-state index is 0.0986. The molecule has 1 aromatic heterocycles. The molecule has 1 N–H and O–H groups in total. The van der Waals surface area contributed by atoms with E-state index < -0.39 is 0 Å². The fourth-order valence-corrected chi connectivity index (χ4v) is 2.95. The molecule has 5 heteroatoms. The first-order valence-electron chi connectivity index (χ1n) is 9.12. The molecule has 0 saturated carbocycles. The molecule has 0 aliphatic heterocycles. The first kappa shape index (κ1) is 18.6. The fraction of sp³-hybridized carbons (Fsp3) is 0.227. The molecule has 1 unspecified atom stereocenters. The van der Waals surface area contributed by atoms with Crippen LogP contribution in [0.3, 0.4) is 0 Å². The normalized spacial score (nSPS) is 11.7. The highest BCUT2D eigenvalue weighted by atomic mass is 16.2. The van der Waals surface area contributed by atoms with Crippen LogP contribution >= 0.6 is 0 Å². The summed E-state index contributed by atoms with van der Waals surface area (Å²) in [4.78, 5) is 14.6. The van der Waals surface area contributed by atoms with Crippen LogP contribution in [0.1, 0.15) is 41.5 Å². The van der Waals surface area contributed by atoms with Crippen molar-refractivity contribution in [2.45, 2.75) is 26.8 Å². The van der Waals surface area contributed by atoms with Gasteiger partial charge in [-0.3, -0.25) is 4.79 Å². The predicted molar refractivity (Wildman–Crippen MR) is 109 cm³/mol. The summed E-state index contributed by atoms with van der Waals surface area (Å²) in [7, 11) is 0. The largest absolute Gasteiger partial charge is 0.362 e. The van der Waals surface area contributed by atoms with Gasteiger partial charge in [0.05, 0.1) is 0 Å². The number of benzene rings is 2. The van der Waals surface area contributed by atoms with Crippen LogP contribution in [0.25, 0.3) is 0 Å². The van der Waals surface area contributed by atoms with Gasteiger partial charge in [0.2, 0.25) is 0 Å². The zero-order chi connectivity index (χ0) is 19.2. The standard InChI is InChI=1S/C22H24N4O/c1-4-26(19-12-8-9-16(2)15-19)22(27)20-13-14-21(25-24-20)23-17(3)18-10-6-5-7-11-18/h5-15,17H,4H2,1-3H3,(H,23,25). The van der Waals surface area contributed by atoms with E-state index in [4.69, 9.17) is 0 Å². The molecule has 0 bridgehead atoms. The second-order valence-corrected chi connectivity index (χ2v) is 6.47. The van der Waals surface area contributed by atoms with E-state index in [1.54, 1.807) is 17.0 Å². The first-order chi connectivity index (χ1) is 13.1. The van der Waals surface area contributed by atoms with Gasteiger partial charge in [0.15, 0.2) is 5.69 Å². The van der Waals surface area contributed by atoms with Gasteiger partial charge in [-0.1, -0.05) is 42.5 Å². The van der Waals surface area contributed by atoms with E-state index in [-0.39, 0.29) is 11.9 Å². The van der Waals surface area contributed by atoms with Crippen molar-refractivity contribution in [2.24, 2.45) is 0 Å². The van der Waals surface area contributed by atoms with Crippen molar-refractivity contribution in [3.63, 3.8) is 0 Å². The number of hydrogen-bond donors (Lipinski definition) is 1. The Morgan fingerprint density at radius 1 is 1.04 bits per heavy atom. The third-order valence-corrected chi connectivity index (χ3v) is 4.42. The second-order valence-electron chi connectivity index (χ2n) is 6.47. The molecule has 0 aliphatic carbocycles. The number of amides is 1. The van der Waals surface area contributed by atoms with E-state index in [1.807, 2.05) is 56.3 Å². The molecular weight excluding hydrogens is 336 g/mol. The smallest absolute Gasteiger partial charge is 0.278 e. The van der Waals surface area contributed by atoms with Crippen LogP contribution in [0.4, 0.5) is 11.5 Å². The third kappa shape index (κ3) is 4.50. The average Bonchev–Trinajstić information content (AvgIpc) is 2.70. The lowest BCUT2D eigenvalue weighted by molar-refractivity contribution is 0.0982. The Morgan fingerprint density at radius 3 is 2.44 bits per heavy atom. The Hall–Kier alpha value is -3.21. The van der Waals surface area contributed by atoms with Crippen molar-refractivity contribution in [2.75, 3.05) is 16.8 Å². The first-order valence-corrected chi connectivity index (χ1v) is 9.12. The van der Waals surface area contributed by atoms with Crippen molar-refractivity contribution in [3.05, 3.63) is 83.6 Å². The molecule has 2 aromatic carbocycles. The van der Waals surface area contributed by atoms with Gasteiger partial charge in [-0.25, -0.2) is 0 Å². The molecule has 27 heavy (non-hydrogen) atoms. The SMILES string of the molecule is CCN(C(=O)c1ccc(NC(C)c2ccccc2)nn1)c1cccc(C)c1. The number of rotatable bonds is 6. The third-order valence-electron chi connectivity index (χ3n) is 4.42. The maximum atomic E-state index is 12.8. The Labute approximate surface area is 160 Å². The number of nitrogens with zero attached hydrogens (tertiary/aromatic N) is 3. The van der Waals surface area contributed by atoms with E-state index in [2.05, 4.69) is 34.6 Å². The van der Waals surface area contributed by atoms with Crippen molar-refractivity contribution in [1.82, 2.24) is 10.2 Å². The van der Waals surface area contributed by atoms with Crippen LogP contribution < -0.4 is 10.2 Å². The van der Waals surface area contributed by atoms with E-state index >= 15 is 0 Å². The van der Waals surface area contributed by atoms with Crippen molar-refractivity contribution in [1.29, 1.82) is 0 Å². The number of aryl methyl sites for hydroxylation is 1. The zero-order valence-electron chi connectivity index (χ0n) is 15.9. The van der Waals surface area contributed by atoms with E-state index in [0.29, 0.717) is 18.1 Å². The van der Waals surface area contributed by atoms with Crippen LogP contribution in [-0.4, -0.2) is 22.6 Å². The molecule has 0 saturated heterocycles. The highest BCUT2D eigenvalue weighted by molar-refractivity contribution is 6.04. The van der Waals surface area contributed by atoms with Crippen LogP contribution in [0.2, 0.25) is 0 Å². The maximum absolute atomic E-state index is 12.8. The number of carbonyl (C=O) groups is 1. The van der Waals surface area contributed by atoms with Crippen molar-refractivity contribution in [3.8, 4) is 0 Å². The molecule has 3 rings (SSSR count). The van der Waals surface area contributed by atoms with Gasteiger partial charge in [-0.15, -0.1) is 10.2 Å². The van der Waals surface area contributed by atoms with Gasteiger partial charge < -0.3 is 10.2 Å². The monoisotopic (exact) mass is 360 g/mol. The topological polar surface area (TPSA) is 58.1 Å². The lowest BCUT2D eigenvalue weighted by Gasteiger charge is -2.21. The molecule has 3 aromatic rings. The van der Waals surface area contributed by atoms with E-state index in [1.165, 1.54) is 0 Å². The fourth-order valence-electron chi connectivity index (χ4n) is 2.95. The minimum Gasteiger partial charge on any atom is -0.362 e. The summed E-state index contributed by atoms with van der Waals surface area (Å²) in [5.41, 5.74) is 3.47. The Kier molecular flexibility index (Phi) is 5.81. The van der Waals surface area contributed by atoms with E-state index in [9.17, 15) is 4.79 Å². The van der Waals surface area contributed by atoms with Gasteiger partial charge in [0.25, 0.3) is 5.91 Å². The summed E-state index contributed by atoms with van der Waals surface area (Å²) < 4.78 is 0. The van der Waals surface area contributed by atoms with Crippen LogP contribution in [0.15, 0.2) is 66.7 Å². The summed E-state index contributed by atoms with van der Waals surface area (Å²) in [6.45, 7) is 6.59. The molecule has 0 aliphatic rings. The predicted octanol–water partition coefficient (Wildman–Crippen LogP) is 4.62. The van der Waals surface area contributed by atoms with Gasteiger partial charge in [0, 0.05) is 18.3 Å². The highest BCUT2D eigenvalue weighted by Gasteiger charge is 2.18. The Bertz CT molecular complexity index is 894. The molecule has 0 radical (unpaired) electrons. The molecule has 138 valence electrons. The van der Waals surface area contributed by atoms with Gasteiger partial charge in [-0.05, 0) is 56.2 Å². The van der Waals surface area contributed by atoms with Crippen LogP contribution in [0, 0.1) is 6.92 Å². The Balaban J connectivity index is 1.73. The van der Waals surface area contributed by atoms with Gasteiger partial charge in [0.1, 0.15) is 5.82 Å². The molecule has 5 nitrogen and oxygen atoms in total. The van der Waals surface area contributed by atoms with Gasteiger partial charge >= 0.3 is 0 Å². The molecule has 1 atom stereocenters. The molecule has 0 fully saturated rings. The summed E-state index contributed by atoms with van der Waals surface area (Å²) in [5, 5.41) is 11.6. The molecular formula is C22H24N4O.